The molecule has 1 amide bonds. The van der Waals surface area contributed by atoms with E-state index in [2.05, 4.69) is 21.2 Å². The number of halogens is 2. The average Bonchev–Trinajstić information content (AvgIpc) is 2.76. The quantitative estimate of drug-likeness (QED) is 0.507. The van der Waals surface area contributed by atoms with E-state index in [1.165, 1.54) is 10.4 Å². The third-order valence-electron chi connectivity index (χ3n) is 5.66. The number of hydrogen-bond acceptors (Lipinski definition) is 4. The monoisotopic (exact) mass is 542 g/mol. The highest BCUT2D eigenvalue weighted by Gasteiger charge is 2.34. The zero-order chi connectivity index (χ0) is 23.5. The molecule has 1 saturated heterocycles. The van der Waals surface area contributed by atoms with E-state index in [0.717, 1.165) is 27.7 Å². The van der Waals surface area contributed by atoms with E-state index in [1.54, 1.807) is 19.1 Å². The number of nitrogens with one attached hydrogen (secondary N) is 1. The second-order valence-corrected chi connectivity index (χ2v) is 11.1. The topological polar surface area (TPSA) is 75.7 Å². The highest BCUT2D eigenvalue weighted by Crippen LogP contribution is 2.33. The number of nitrogens with zero attached hydrogens (tertiary/aromatic N) is 1. The van der Waals surface area contributed by atoms with Crippen LogP contribution < -0.4 is 10.1 Å². The molecule has 0 bridgehead atoms. The molecule has 1 N–H and O–H groups in total. The molecule has 1 aliphatic rings. The van der Waals surface area contributed by atoms with Gasteiger partial charge in [-0.1, -0.05) is 34.5 Å². The summed E-state index contributed by atoms with van der Waals surface area (Å²) >= 11 is 9.56. The van der Waals surface area contributed by atoms with Gasteiger partial charge in [-0.25, -0.2) is 8.42 Å². The fourth-order valence-electron chi connectivity index (χ4n) is 3.95. The normalized spacial score (nSPS) is 15.5. The Bertz CT molecular complexity index is 1100. The summed E-state index contributed by atoms with van der Waals surface area (Å²) in [6.07, 6.45) is 1.70. The summed E-state index contributed by atoms with van der Waals surface area (Å²) in [7, 11) is -3.78. The van der Waals surface area contributed by atoms with Gasteiger partial charge < -0.3 is 10.1 Å². The first-order chi connectivity index (χ1) is 15.2. The molecule has 1 fully saturated rings. The van der Waals surface area contributed by atoms with Gasteiger partial charge in [-0.3, -0.25) is 4.79 Å². The third-order valence-corrected chi connectivity index (χ3v) is 8.27. The maximum Gasteiger partial charge on any atom is 0.246 e. The molecule has 3 rings (SSSR count). The van der Waals surface area contributed by atoms with Crippen LogP contribution in [-0.4, -0.2) is 38.3 Å². The van der Waals surface area contributed by atoms with E-state index < -0.39 is 10.0 Å². The van der Waals surface area contributed by atoms with E-state index in [1.807, 2.05) is 26.0 Å². The largest absolute Gasteiger partial charge is 0.492 e. The Morgan fingerprint density at radius 2 is 1.91 bits per heavy atom. The van der Waals surface area contributed by atoms with Gasteiger partial charge in [0.2, 0.25) is 15.9 Å². The summed E-state index contributed by atoms with van der Waals surface area (Å²) < 4.78 is 34.4. The molecule has 0 aliphatic carbocycles. The number of benzene rings is 2. The lowest BCUT2D eigenvalue weighted by Crippen LogP contribution is -2.41. The van der Waals surface area contributed by atoms with Crippen LogP contribution in [0.5, 0.6) is 5.75 Å². The summed E-state index contributed by atoms with van der Waals surface area (Å²) in [6, 6.07) is 8.59. The second kappa shape index (κ2) is 10.5. The van der Waals surface area contributed by atoms with Gasteiger partial charge in [0.1, 0.15) is 10.6 Å². The van der Waals surface area contributed by atoms with Crippen molar-refractivity contribution in [1.29, 1.82) is 0 Å². The highest BCUT2D eigenvalue weighted by molar-refractivity contribution is 9.10. The average molecular weight is 544 g/mol. The summed E-state index contributed by atoms with van der Waals surface area (Å²) in [5.74, 6) is -0.0329. The lowest BCUT2D eigenvalue weighted by molar-refractivity contribution is -0.120. The molecule has 174 valence electrons. The summed E-state index contributed by atoms with van der Waals surface area (Å²) in [6.45, 7) is 6.69. The highest BCUT2D eigenvalue weighted by atomic mass is 79.9. The van der Waals surface area contributed by atoms with E-state index in [4.69, 9.17) is 16.3 Å². The number of carbonyl (C=O) groups excluding carboxylic acids is 1. The molecule has 1 heterocycles. The number of amides is 1. The molecular weight excluding hydrogens is 516 g/mol. The molecule has 32 heavy (non-hydrogen) atoms. The first kappa shape index (κ1) is 25.0. The Labute approximate surface area is 203 Å². The van der Waals surface area contributed by atoms with Crippen molar-refractivity contribution in [3.05, 3.63) is 51.0 Å². The molecule has 1 aliphatic heterocycles. The predicted molar refractivity (Wildman–Crippen MR) is 131 cm³/mol. The maximum atomic E-state index is 13.2. The molecule has 9 heteroatoms. The molecule has 0 aromatic heterocycles. The number of carbonyl (C=O) groups is 1. The number of hydrogen-bond donors (Lipinski definition) is 1. The number of aryl methyl sites for hydroxylation is 2. The van der Waals surface area contributed by atoms with Crippen molar-refractivity contribution in [2.24, 2.45) is 5.92 Å². The first-order valence-electron chi connectivity index (χ1n) is 10.7. The van der Waals surface area contributed by atoms with E-state index >= 15 is 0 Å². The smallest absolute Gasteiger partial charge is 0.246 e. The van der Waals surface area contributed by atoms with Gasteiger partial charge >= 0.3 is 0 Å². The maximum absolute atomic E-state index is 13.2. The van der Waals surface area contributed by atoms with Crippen molar-refractivity contribution in [1.82, 2.24) is 4.31 Å². The lowest BCUT2D eigenvalue weighted by atomic mass is 9.96. The van der Waals surface area contributed by atoms with Crippen LogP contribution in [0.2, 0.25) is 5.02 Å². The molecule has 0 unspecified atom stereocenters. The van der Waals surface area contributed by atoms with Crippen molar-refractivity contribution in [2.75, 3.05) is 25.0 Å². The molecule has 0 spiro atoms. The van der Waals surface area contributed by atoms with Crippen LogP contribution in [-0.2, 0) is 21.2 Å². The molecule has 6 nitrogen and oxygen atoms in total. The van der Waals surface area contributed by atoms with E-state index in [-0.39, 0.29) is 35.6 Å². The number of piperidine rings is 1. The third kappa shape index (κ3) is 5.47. The van der Waals surface area contributed by atoms with Crippen LogP contribution in [0.15, 0.2) is 39.7 Å². The van der Waals surface area contributed by atoms with Crippen LogP contribution in [0.3, 0.4) is 0 Å². The minimum atomic E-state index is -3.78. The fraction of sp³-hybridized carbons (Fsp3) is 0.435. The molecule has 0 atom stereocenters. The van der Waals surface area contributed by atoms with Crippen molar-refractivity contribution in [2.45, 2.75) is 44.9 Å². The minimum Gasteiger partial charge on any atom is -0.492 e. The number of ether oxygens (including phenoxy) is 1. The van der Waals surface area contributed by atoms with E-state index in [9.17, 15) is 13.2 Å². The summed E-state index contributed by atoms with van der Waals surface area (Å²) in [5, 5.41) is 3.41. The van der Waals surface area contributed by atoms with Crippen molar-refractivity contribution >= 4 is 49.1 Å². The van der Waals surface area contributed by atoms with Crippen LogP contribution in [0.4, 0.5) is 5.69 Å². The Balaban J connectivity index is 1.72. The summed E-state index contributed by atoms with van der Waals surface area (Å²) in [5.41, 5.74) is 2.90. The Morgan fingerprint density at radius 3 is 2.53 bits per heavy atom. The van der Waals surface area contributed by atoms with Gasteiger partial charge in [0.25, 0.3) is 0 Å². The predicted octanol–water partition coefficient (Wildman–Crippen LogP) is 5.41. The molecular formula is C23H28BrClN2O4S. The Morgan fingerprint density at radius 1 is 1.22 bits per heavy atom. The van der Waals surface area contributed by atoms with E-state index in [0.29, 0.717) is 24.5 Å². The SMILES string of the molecule is CCOc1ccc(Cl)cc1S(=O)(=O)N1CCC(C(=O)Nc2c(C)cc(Br)cc2CC)CC1. The van der Waals surface area contributed by atoms with Gasteiger partial charge in [-0.2, -0.15) is 4.31 Å². The van der Waals surface area contributed by atoms with Crippen LogP contribution in [0.25, 0.3) is 0 Å². The summed E-state index contributed by atoms with van der Waals surface area (Å²) in [4.78, 5) is 13.0. The first-order valence-corrected chi connectivity index (χ1v) is 13.3. The van der Waals surface area contributed by atoms with Crippen LogP contribution in [0.1, 0.15) is 37.8 Å². The number of rotatable bonds is 7. The standard InChI is InChI=1S/C23H28BrClN2O4S/c1-4-16-13-18(24)12-15(3)22(16)26-23(28)17-8-10-27(11-9-17)32(29,30)21-14-19(25)6-7-20(21)31-5-2/h6-7,12-14,17H,4-5,8-11H2,1-3H3,(H,26,28). The van der Waals surface area contributed by atoms with Crippen LogP contribution >= 0.6 is 27.5 Å². The molecule has 2 aromatic rings. The van der Waals surface area contributed by atoms with Gasteiger partial charge in [0.15, 0.2) is 0 Å². The minimum absolute atomic E-state index is 0.0628. The number of sulfonamides is 1. The molecule has 2 aromatic carbocycles. The Hall–Kier alpha value is -1.61. The van der Waals surface area contributed by atoms with Crippen LogP contribution in [0, 0.1) is 12.8 Å². The number of anilines is 1. The fourth-order valence-corrected chi connectivity index (χ4v) is 6.43. The zero-order valence-electron chi connectivity index (χ0n) is 18.5. The van der Waals surface area contributed by atoms with Crippen molar-refractivity contribution < 1.29 is 17.9 Å². The zero-order valence-corrected chi connectivity index (χ0v) is 21.6. The Kier molecular flexibility index (Phi) is 8.25. The van der Waals surface area contributed by atoms with Crippen molar-refractivity contribution in [3.8, 4) is 5.75 Å². The van der Waals surface area contributed by atoms with Gasteiger partial charge in [-0.15, -0.1) is 0 Å². The second-order valence-electron chi connectivity index (χ2n) is 7.80. The molecule has 0 radical (unpaired) electrons. The van der Waals surface area contributed by atoms with Crippen molar-refractivity contribution in [3.63, 3.8) is 0 Å². The van der Waals surface area contributed by atoms with Gasteiger partial charge in [0.05, 0.1) is 6.61 Å². The lowest BCUT2D eigenvalue weighted by Gasteiger charge is -2.31. The van der Waals surface area contributed by atoms with Gasteiger partial charge in [-0.05, 0) is 74.6 Å². The van der Waals surface area contributed by atoms with Gasteiger partial charge in [0, 0.05) is 34.2 Å². The molecule has 0 saturated carbocycles.